The summed E-state index contributed by atoms with van der Waals surface area (Å²) in [5, 5.41) is 17.7. The van der Waals surface area contributed by atoms with Crippen LogP contribution in [0.4, 0.5) is 0 Å². The standard InChI is InChI=1S/C8H9BrN2O3/c9-5-3-1-2-4(11-5)6(10)7(12)8(13)14/h1-3,6-7,12H,10H2,(H,13,14). The summed E-state index contributed by atoms with van der Waals surface area (Å²) in [5.74, 6) is -1.36. The average molecular weight is 261 g/mol. The van der Waals surface area contributed by atoms with E-state index in [4.69, 9.17) is 15.9 Å². The summed E-state index contributed by atoms with van der Waals surface area (Å²) in [7, 11) is 0. The number of nitrogens with two attached hydrogens (primary N) is 1. The highest BCUT2D eigenvalue weighted by Crippen LogP contribution is 2.14. The molecule has 1 rings (SSSR count). The van der Waals surface area contributed by atoms with E-state index in [0.717, 1.165) is 0 Å². The molecule has 1 aromatic heterocycles. The van der Waals surface area contributed by atoms with E-state index in [-0.39, 0.29) is 0 Å². The van der Waals surface area contributed by atoms with E-state index in [2.05, 4.69) is 20.9 Å². The van der Waals surface area contributed by atoms with Gasteiger partial charge in [-0.05, 0) is 28.1 Å². The number of carboxylic acid groups (broad SMARTS) is 1. The fourth-order valence-corrected chi connectivity index (χ4v) is 1.28. The van der Waals surface area contributed by atoms with E-state index in [1.54, 1.807) is 18.2 Å². The van der Waals surface area contributed by atoms with Crippen LogP contribution in [0, 0.1) is 0 Å². The third-order valence-electron chi connectivity index (χ3n) is 1.67. The van der Waals surface area contributed by atoms with Crippen molar-refractivity contribution < 1.29 is 15.0 Å². The second kappa shape index (κ2) is 4.50. The number of halogens is 1. The summed E-state index contributed by atoms with van der Waals surface area (Å²) in [5.41, 5.74) is 5.82. The summed E-state index contributed by atoms with van der Waals surface area (Å²) in [6.07, 6.45) is -1.64. The molecular weight excluding hydrogens is 252 g/mol. The predicted octanol–water partition coefficient (Wildman–Crippen LogP) is 0.289. The van der Waals surface area contributed by atoms with Crippen molar-refractivity contribution in [2.75, 3.05) is 0 Å². The number of aliphatic hydroxyl groups is 1. The molecule has 2 unspecified atom stereocenters. The Kier molecular flexibility index (Phi) is 3.56. The van der Waals surface area contributed by atoms with Crippen LogP contribution in [-0.4, -0.2) is 27.3 Å². The molecule has 0 aliphatic rings. The average Bonchev–Trinajstić information content (AvgIpc) is 2.15. The van der Waals surface area contributed by atoms with Crippen LogP contribution in [0.25, 0.3) is 0 Å². The number of nitrogens with zero attached hydrogens (tertiary/aromatic N) is 1. The minimum atomic E-state index is -1.64. The normalized spacial score (nSPS) is 14.8. The molecule has 5 nitrogen and oxygen atoms in total. The molecule has 6 heteroatoms. The van der Waals surface area contributed by atoms with Gasteiger partial charge in [0.2, 0.25) is 0 Å². The van der Waals surface area contributed by atoms with E-state index >= 15 is 0 Å². The van der Waals surface area contributed by atoms with Gasteiger partial charge in [-0.3, -0.25) is 0 Å². The predicted molar refractivity (Wildman–Crippen MR) is 52.5 cm³/mol. The molecule has 0 amide bonds. The molecular formula is C8H9BrN2O3. The molecule has 2 atom stereocenters. The third kappa shape index (κ3) is 2.50. The number of pyridine rings is 1. The summed E-state index contributed by atoms with van der Waals surface area (Å²) in [6.45, 7) is 0. The molecule has 0 saturated carbocycles. The lowest BCUT2D eigenvalue weighted by Crippen LogP contribution is -2.33. The van der Waals surface area contributed by atoms with Gasteiger partial charge in [-0.25, -0.2) is 9.78 Å². The fraction of sp³-hybridized carbons (Fsp3) is 0.250. The summed E-state index contributed by atoms with van der Waals surface area (Å²) >= 11 is 3.12. The van der Waals surface area contributed by atoms with E-state index in [1.165, 1.54) is 0 Å². The highest BCUT2D eigenvalue weighted by atomic mass is 79.9. The maximum atomic E-state index is 10.4. The lowest BCUT2D eigenvalue weighted by atomic mass is 10.1. The highest BCUT2D eigenvalue weighted by Gasteiger charge is 2.24. The van der Waals surface area contributed by atoms with Gasteiger partial charge < -0.3 is 15.9 Å². The maximum Gasteiger partial charge on any atom is 0.334 e. The number of hydrogen-bond acceptors (Lipinski definition) is 4. The van der Waals surface area contributed by atoms with Crippen LogP contribution in [0.3, 0.4) is 0 Å². The second-order valence-electron chi connectivity index (χ2n) is 2.69. The lowest BCUT2D eigenvalue weighted by molar-refractivity contribution is -0.147. The topological polar surface area (TPSA) is 96.4 Å². The number of aliphatic hydroxyl groups excluding tert-OH is 1. The van der Waals surface area contributed by atoms with Gasteiger partial charge >= 0.3 is 5.97 Å². The molecule has 14 heavy (non-hydrogen) atoms. The quantitative estimate of drug-likeness (QED) is 0.679. The van der Waals surface area contributed by atoms with Crippen molar-refractivity contribution in [2.45, 2.75) is 12.1 Å². The molecule has 0 spiro atoms. The van der Waals surface area contributed by atoms with E-state index in [1.807, 2.05) is 0 Å². The van der Waals surface area contributed by atoms with Crippen molar-refractivity contribution in [3.8, 4) is 0 Å². The highest BCUT2D eigenvalue weighted by molar-refractivity contribution is 9.10. The molecule has 1 aromatic rings. The maximum absolute atomic E-state index is 10.4. The number of carbonyl (C=O) groups is 1. The van der Waals surface area contributed by atoms with Crippen LogP contribution in [0.1, 0.15) is 11.7 Å². The Balaban J connectivity index is 2.89. The van der Waals surface area contributed by atoms with Gasteiger partial charge in [-0.15, -0.1) is 0 Å². The number of aromatic nitrogens is 1. The molecule has 0 aliphatic carbocycles. The monoisotopic (exact) mass is 260 g/mol. The smallest absolute Gasteiger partial charge is 0.334 e. The molecule has 0 radical (unpaired) electrons. The molecule has 4 N–H and O–H groups in total. The minimum absolute atomic E-state index is 0.328. The molecule has 0 aliphatic heterocycles. The largest absolute Gasteiger partial charge is 0.479 e. The van der Waals surface area contributed by atoms with E-state index < -0.39 is 18.1 Å². The van der Waals surface area contributed by atoms with Crippen LogP contribution in [0.15, 0.2) is 22.8 Å². The Bertz CT molecular complexity index is 345. The Labute approximate surface area is 88.7 Å². The van der Waals surface area contributed by atoms with Gasteiger partial charge in [-0.1, -0.05) is 6.07 Å². The van der Waals surface area contributed by atoms with Gasteiger partial charge in [0.15, 0.2) is 6.10 Å². The van der Waals surface area contributed by atoms with Gasteiger partial charge in [0.25, 0.3) is 0 Å². The van der Waals surface area contributed by atoms with Gasteiger partial charge in [-0.2, -0.15) is 0 Å². The Morgan fingerprint density at radius 2 is 2.21 bits per heavy atom. The van der Waals surface area contributed by atoms with Gasteiger partial charge in [0.1, 0.15) is 4.60 Å². The van der Waals surface area contributed by atoms with Crippen LogP contribution in [0.5, 0.6) is 0 Å². The first-order chi connectivity index (χ1) is 6.52. The van der Waals surface area contributed by atoms with Crippen molar-refractivity contribution in [1.29, 1.82) is 0 Å². The molecule has 0 saturated heterocycles. The second-order valence-corrected chi connectivity index (χ2v) is 3.51. The van der Waals surface area contributed by atoms with Crippen molar-refractivity contribution in [3.63, 3.8) is 0 Å². The zero-order chi connectivity index (χ0) is 10.7. The Morgan fingerprint density at radius 1 is 1.57 bits per heavy atom. The SMILES string of the molecule is NC(c1cccc(Br)n1)C(O)C(=O)O. The van der Waals surface area contributed by atoms with Crippen molar-refractivity contribution in [3.05, 3.63) is 28.5 Å². The number of aliphatic carboxylic acids is 1. The summed E-state index contributed by atoms with van der Waals surface area (Å²) < 4.78 is 0.544. The van der Waals surface area contributed by atoms with Crippen LogP contribution in [0.2, 0.25) is 0 Å². The molecule has 1 heterocycles. The Morgan fingerprint density at radius 3 is 2.71 bits per heavy atom. The van der Waals surface area contributed by atoms with Gasteiger partial charge in [0, 0.05) is 0 Å². The fourth-order valence-electron chi connectivity index (χ4n) is 0.925. The minimum Gasteiger partial charge on any atom is -0.479 e. The first-order valence-electron chi connectivity index (χ1n) is 3.81. The van der Waals surface area contributed by atoms with E-state index in [0.29, 0.717) is 10.3 Å². The number of hydrogen-bond donors (Lipinski definition) is 3. The first kappa shape index (κ1) is 11.1. The Hall–Kier alpha value is -0.980. The van der Waals surface area contributed by atoms with E-state index in [9.17, 15) is 4.79 Å². The zero-order valence-electron chi connectivity index (χ0n) is 7.09. The zero-order valence-corrected chi connectivity index (χ0v) is 8.68. The van der Waals surface area contributed by atoms with Gasteiger partial charge in [0.05, 0.1) is 11.7 Å². The molecule has 0 fully saturated rings. The van der Waals surface area contributed by atoms with Crippen molar-refractivity contribution >= 4 is 21.9 Å². The summed E-state index contributed by atoms with van der Waals surface area (Å²) in [4.78, 5) is 14.4. The first-order valence-corrected chi connectivity index (χ1v) is 4.60. The molecule has 0 aromatic carbocycles. The number of rotatable bonds is 3. The number of carboxylic acids is 1. The van der Waals surface area contributed by atoms with Crippen molar-refractivity contribution in [2.24, 2.45) is 5.73 Å². The third-order valence-corrected chi connectivity index (χ3v) is 2.11. The lowest BCUT2D eigenvalue weighted by Gasteiger charge is -2.14. The van der Waals surface area contributed by atoms with Crippen molar-refractivity contribution in [1.82, 2.24) is 4.98 Å². The van der Waals surface area contributed by atoms with Crippen LogP contribution >= 0.6 is 15.9 Å². The van der Waals surface area contributed by atoms with Crippen LogP contribution < -0.4 is 5.73 Å². The molecule has 76 valence electrons. The van der Waals surface area contributed by atoms with Crippen LogP contribution in [-0.2, 0) is 4.79 Å². The molecule has 0 bridgehead atoms. The summed E-state index contributed by atoms with van der Waals surface area (Å²) in [6, 6.07) is 3.89.